The Kier molecular flexibility index (Phi) is 5.20. The summed E-state index contributed by atoms with van der Waals surface area (Å²) in [5.41, 5.74) is 2.58. The fraction of sp³-hybridized carbons (Fsp3) is 0.500. The molecule has 4 rings (SSSR count). The second-order valence-corrected chi connectivity index (χ2v) is 8.19. The summed E-state index contributed by atoms with van der Waals surface area (Å²) in [6.07, 6.45) is 4.40. The Hall–Kier alpha value is -2.28. The van der Waals surface area contributed by atoms with Crippen molar-refractivity contribution in [3.8, 4) is 0 Å². The van der Waals surface area contributed by atoms with Crippen molar-refractivity contribution < 1.29 is 4.79 Å². The van der Waals surface area contributed by atoms with Crippen molar-refractivity contribution >= 4 is 22.2 Å². The van der Waals surface area contributed by atoms with E-state index in [0.717, 1.165) is 54.6 Å². The number of fused-ring (bicyclic) bond motifs is 1. The number of nitrogens with zero attached hydrogens (tertiary/aromatic N) is 5. The number of carbonyl (C=O) groups is 1. The number of aromatic nitrogens is 4. The molecule has 1 aliphatic rings. The van der Waals surface area contributed by atoms with Crippen LogP contribution >= 0.6 is 11.3 Å². The molecule has 0 spiro atoms. The zero-order chi connectivity index (χ0) is 18.8. The van der Waals surface area contributed by atoms with Crippen molar-refractivity contribution in [2.75, 3.05) is 13.1 Å². The topological polar surface area (TPSA) is 63.4 Å². The average molecular weight is 384 g/mol. The van der Waals surface area contributed by atoms with Gasteiger partial charge in [0.25, 0.3) is 0 Å². The maximum atomic E-state index is 12.6. The van der Waals surface area contributed by atoms with Crippen LogP contribution in [0.5, 0.6) is 0 Å². The molecule has 1 amide bonds. The van der Waals surface area contributed by atoms with E-state index in [4.69, 9.17) is 0 Å². The summed E-state index contributed by atoms with van der Waals surface area (Å²) in [6.45, 7) is 5.71. The number of benzene rings is 1. The van der Waals surface area contributed by atoms with Gasteiger partial charge >= 0.3 is 0 Å². The standard InChI is InChI=1S/C20H25N5OS/c1-3-15-4-6-16(7-5-15)8-9-18(26)24-12-10-17(11-13-24)19-23-25-14(2)21-22-20(25)27-19/h4-7,17H,3,8-13H2,1-2H3. The summed E-state index contributed by atoms with van der Waals surface area (Å²) < 4.78 is 1.82. The second-order valence-electron chi connectivity index (χ2n) is 7.21. The van der Waals surface area contributed by atoms with Gasteiger partial charge in [0.1, 0.15) is 5.01 Å². The van der Waals surface area contributed by atoms with E-state index in [9.17, 15) is 4.79 Å². The molecule has 2 aromatic heterocycles. The lowest BCUT2D eigenvalue weighted by Crippen LogP contribution is -2.38. The average Bonchev–Trinajstić information content (AvgIpc) is 3.29. The number of aryl methyl sites for hydroxylation is 3. The molecule has 27 heavy (non-hydrogen) atoms. The summed E-state index contributed by atoms with van der Waals surface area (Å²) >= 11 is 1.62. The molecule has 0 unspecified atom stereocenters. The zero-order valence-corrected chi connectivity index (χ0v) is 16.7. The number of amides is 1. The Morgan fingerprint density at radius 3 is 2.52 bits per heavy atom. The monoisotopic (exact) mass is 383 g/mol. The maximum absolute atomic E-state index is 12.6. The molecule has 0 bridgehead atoms. The van der Waals surface area contributed by atoms with Gasteiger partial charge in [-0.3, -0.25) is 4.79 Å². The third-order valence-electron chi connectivity index (χ3n) is 5.42. The summed E-state index contributed by atoms with van der Waals surface area (Å²) in [5, 5.41) is 14.0. The van der Waals surface area contributed by atoms with Gasteiger partial charge in [0.05, 0.1) is 0 Å². The van der Waals surface area contributed by atoms with Crippen LogP contribution in [0.15, 0.2) is 24.3 Å². The fourth-order valence-corrected chi connectivity index (χ4v) is 4.67. The van der Waals surface area contributed by atoms with E-state index < -0.39 is 0 Å². The molecule has 1 aliphatic heterocycles. The highest BCUT2D eigenvalue weighted by Crippen LogP contribution is 2.31. The van der Waals surface area contributed by atoms with Gasteiger partial charge in [0.15, 0.2) is 5.82 Å². The van der Waals surface area contributed by atoms with Crippen LogP contribution in [0, 0.1) is 6.92 Å². The van der Waals surface area contributed by atoms with Gasteiger partial charge < -0.3 is 4.90 Å². The predicted octanol–water partition coefficient (Wildman–Crippen LogP) is 3.40. The number of likely N-dealkylation sites (tertiary alicyclic amines) is 1. The Bertz CT molecular complexity index is 922. The van der Waals surface area contributed by atoms with Crippen molar-refractivity contribution in [1.29, 1.82) is 0 Å². The first kappa shape index (κ1) is 18.1. The zero-order valence-electron chi connectivity index (χ0n) is 15.9. The van der Waals surface area contributed by atoms with E-state index in [1.54, 1.807) is 11.3 Å². The number of rotatable bonds is 5. The predicted molar refractivity (Wildman–Crippen MR) is 106 cm³/mol. The lowest BCUT2D eigenvalue weighted by atomic mass is 9.97. The smallest absolute Gasteiger partial charge is 0.234 e. The first-order valence-corrected chi connectivity index (χ1v) is 10.5. The van der Waals surface area contributed by atoms with Gasteiger partial charge in [0, 0.05) is 25.4 Å². The summed E-state index contributed by atoms with van der Waals surface area (Å²) in [7, 11) is 0. The van der Waals surface area contributed by atoms with Crippen LogP contribution in [0.4, 0.5) is 0 Å². The minimum Gasteiger partial charge on any atom is -0.343 e. The third kappa shape index (κ3) is 3.88. The molecule has 0 atom stereocenters. The second kappa shape index (κ2) is 7.76. The van der Waals surface area contributed by atoms with Gasteiger partial charge in [-0.1, -0.05) is 42.5 Å². The van der Waals surface area contributed by atoms with E-state index >= 15 is 0 Å². The van der Waals surface area contributed by atoms with Gasteiger partial charge in [0.2, 0.25) is 10.9 Å². The molecule has 0 saturated carbocycles. The van der Waals surface area contributed by atoms with Gasteiger partial charge in [-0.15, -0.1) is 10.2 Å². The molecule has 0 N–H and O–H groups in total. The van der Waals surface area contributed by atoms with Crippen LogP contribution in [0.25, 0.3) is 4.96 Å². The Morgan fingerprint density at radius 1 is 1.15 bits per heavy atom. The molecule has 1 fully saturated rings. The molecule has 1 saturated heterocycles. The van der Waals surface area contributed by atoms with Gasteiger partial charge in [-0.25, -0.2) is 0 Å². The van der Waals surface area contributed by atoms with Gasteiger partial charge in [-0.05, 0) is 43.7 Å². The molecular formula is C20H25N5OS. The van der Waals surface area contributed by atoms with Crippen molar-refractivity contribution in [1.82, 2.24) is 24.7 Å². The molecule has 6 nitrogen and oxygen atoms in total. The van der Waals surface area contributed by atoms with Crippen LogP contribution in [-0.2, 0) is 17.6 Å². The normalized spacial score (nSPS) is 15.6. The first-order chi connectivity index (χ1) is 13.1. The molecule has 0 aliphatic carbocycles. The van der Waals surface area contributed by atoms with E-state index in [1.807, 2.05) is 16.3 Å². The first-order valence-electron chi connectivity index (χ1n) is 9.68. The van der Waals surface area contributed by atoms with Crippen molar-refractivity contribution in [2.45, 2.75) is 51.9 Å². The maximum Gasteiger partial charge on any atom is 0.234 e. The fourth-order valence-electron chi connectivity index (χ4n) is 3.62. The highest BCUT2D eigenvalue weighted by atomic mass is 32.1. The van der Waals surface area contributed by atoms with Crippen LogP contribution in [-0.4, -0.2) is 43.7 Å². The Morgan fingerprint density at radius 2 is 1.85 bits per heavy atom. The van der Waals surface area contributed by atoms with E-state index in [1.165, 1.54) is 11.1 Å². The van der Waals surface area contributed by atoms with Crippen LogP contribution in [0.2, 0.25) is 0 Å². The molecule has 142 valence electrons. The lowest BCUT2D eigenvalue weighted by Gasteiger charge is -2.31. The van der Waals surface area contributed by atoms with E-state index in [2.05, 4.69) is 46.5 Å². The third-order valence-corrected chi connectivity index (χ3v) is 6.48. The molecular weight excluding hydrogens is 358 g/mol. The van der Waals surface area contributed by atoms with Crippen molar-refractivity contribution in [3.05, 3.63) is 46.2 Å². The number of carbonyl (C=O) groups excluding carboxylic acids is 1. The van der Waals surface area contributed by atoms with E-state index in [-0.39, 0.29) is 5.91 Å². The molecule has 1 aromatic carbocycles. The molecule has 0 radical (unpaired) electrons. The Balaban J connectivity index is 1.29. The molecule has 3 heterocycles. The summed E-state index contributed by atoms with van der Waals surface area (Å²) in [5.74, 6) is 1.51. The minimum absolute atomic E-state index is 0.266. The highest BCUT2D eigenvalue weighted by molar-refractivity contribution is 7.16. The summed E-state index contributed by atoms with van der Waals surface area (Å²) in [4.78, 5) is 15.4. The van der Waals surface area contributed by atoms with Crippen molar-refractivity contribution in [3.63, 3.8) is 0 Å². The number of hydrogen-bond donors (Lipinski definition) is 0. The molecule has 3 aromatic rings. The minimum atomic E-state index is 0.266. The molecule has 7 heteroatoms. The van der Waals surface area contributed by atoms with Crippen LogP contribution < -0.4 is 0 Å². The van der Waals surface area contributed by atoms with E-state index in [0.29, 0.717) is 12.3 Å². The number of piperidine rings is 1. The van der Waals surface area contributed by atoms with Crippen molar-refractivity contribution in [2.24, 2.45) is 0 Å². The van der Waals surface area contributed by atoms with Crippen LogP contribution in [0.1, 0.15) is 54.1 Å². The van der Waals surface area contributed by atoms with Gasteiger partial charge in [-0.2, -0.15) is 9.61 Å². The lowest BCUT2D eigenvalue weighted by molar-refractivity contribution is -0.132. The SMILES string of the molecule is CCc1ccc(CCC(=O)N2CCC(c3nn4c(C)nnc4s3)CC2)cc1. The quantitative estimate of drug-likeness (QED) is 0.677. The number of hydrogen-bond acceptors (Lipinski definition) is 5. The largest absolute Gasteiger partial charge is 0.343 e. The Labute approximate surface area is 163 Å². The van der Waals surface area contributed by atoms with Crippen LogP contribution in [0.3, 0.4) is 0 Å². The highest BCUT2D eigenvalue weighted by Gasteiger charge is 2.26. The summed E-state index contributed by atoms with van der Waals surface area (Å²) in [6, 6.07) is 8.61.